The summed E-state index contributed by atoms with van der Waals surface area (Å²) in [6, 6.07) is 11.1. The number of likely N-dealkylation sites (N-methyl/N-ethyl adjacent to an activating group) is 1. The van der Waals surface area contributed by atoms with Gasteiger partial charge in [0.15, 0.2) is 5.78 Å². The van der Waals surface area contributed by atoms with E-state index in [2.05, 4.69) is 44.4 Å². The van der Waals surface area contributed by atoms with Crippen molar-refractivity contribution in [3.63, 3.8) is 0 Å². The minimum atomic E-state index is -0.00278. The van der Waals surface area contributed by atoms with Crippen LogP contribution >= 0.6 is 0 Å². The van der Waals surface area contributed by atoms with Crippen molar-refractivity contribution < 1.29 is 9.69 Å². The summed E-state index contributed by atoms with van der Waals surface area (Å²) in [5.74, 6) is 2.10. The van der Waals surface area contributed by atoms with Gasteiger partial charge >= 0.3 is 0 Å². The lowest BCUT2D eigenvalue weighted by atomic mass is 9.42. The molecule has 0 heterocycles. The highest BCUT2D eigenvalue weighted by molar-refractivity contribution is 5.86. The average molecular weight is 298 g/mol. The van der Waals surface area contributed by atoms with Crippen LogP contribution in [0.3, 0.4) is 0 Å². The fraction of sp³-hybridized carbons (Fsp3) is 0.650. The highest BCUT2D eigenvalue weighted by atomic mass is 16.1. The minimum absolute atomic E-state index is 0.00278. The van der Waals surface area contributed by atoms with Crippen LogP contribution in [0.4, 0.5) is 0 Å². The number of nitrogens with one attached hydrogen (secondary N) is 1. The van der Waals surface area contributed by atoms with Gasteiger partial charge in [0.1, 0.15) is 6.54 Å². The van der Waals surface area contributed by atoms with Crippen LogP contribution in [0, 0.1) is 17.3 Å². The maximum Gasteiger partial charge on any atom is 0.192 e. The van der Waals surface area contributed by atoms with Gasteiger partial charge in [-0.2, -0.15) is 0 Å². The Morgan fingerprint density at radius 3 is 2.32 bits per heavy atom. The molecule has 2 unspecified atom stereocenters. The van der Waals surface area contributed by atoms with E-state index in [1.165, 1.54) is 42.6 Å². The molecule has 0 radical (unpaired) electrons. The van der Waals surface area contributed by atoms with Gasteiger partial charge in [0, 0.05) is 5.41 Å². The van der Waals surface area contributed by atoms with E-state index in [1.54, 1.807) is 0 Å². The van der Waals surface area contributed by atoms with Crippen LogP contribution in [-0.4, -0.2) is 26.4 Å². The van der Waals surface area contributed by atoms with Crippen LogP contribution in [0.15, 0.2) is 30.3 Å². The standard InChI is InChI=1S/C20H27NO/c1-21(2)13-18(22)20-11-15-8-16(12-20)10-19(9-15,14-20)17-6-4-3-5-7-17/h3-7,15-16H,8-14H2,1-2H3/p+1/t15-,16+,19?,20?. The molecule has 4 aliphatic carbocycles. The van der Waals surface area contributed by atoms with Crippen molar-refractivity contribution in [2.24, 2.45) is 17.3 Å². The summed E-state index contributed by atoms with van der Waals surface area (Å²) < 4.78 is 0. The SMILES string of the molecule is C[NH+](C)CC(=O)C12C[C@H]3C[C@@H](C1)CC(c1ccccc1)(C3)C2. The second-order valence-corrected chi connectivity index (χ2v) is 8.69. The smallest absolute Gasteiger partial charge is 0.192 e. The Bertz CT molecular complexity index is 563. The number of Topliss-reactive ketones (excluding diaryl/α,β-unsaturated/α-hetero) is 1. The summed E-state index contributed by atoms with van der Waals surface area (Å²) in [5, 5.41) is 0. The van der Waals surface area contributed by atoms with Crippen LogP contribution in [0.5, 0.6) is 0 Å². The minimum Gasteiger partial charge on any atom is -0.334 e. The Hall–Kier alpha value is -1.15. The van der Waals surface area contributed by atoms with Crippen LogP contribution in [0.1, 0.15) is 44.1 Å². The van der Waals surface area contributed by atoms with Crippen LogP contribution in [-0.2, 0) is 10.2 Å². The Morgan fingerprint density at radius 1 is 1.09 bits per heavy atom. The number of benzene rings is 1. The van der Waals surface area contributed by atoms with Crippen molar-refractivity contribution in [3.8, 4) is 0 Å². The molecule has 1 N–H and O–H groups in total. The Kier molecular flexibility index (Phi) is 3.23. The Balaban J connectivity index is 1.71. The fourth-order valence-corrected chi connectivity index (χ4v) is 6.23. The zero-order chi connectivity index (χ0) is 15.4. The molecule has 2 nitrogen and oxygen atoms in total. The molecule has 4 aliphatic rings. The number of quaternary nitrogens is 1. The van der Waals surface area contributed by atoms with E-state index in [4.69, 9.17) is 0 Å². The quantitative estimate of drug-likeness (QED) is 0.904. The molecule has 2 heteroatoms. The van der Waals surface area contributed by atoms with Crippen molar-refractivity contribution in [1.29, 1.82) is 0 Å². The van der Waals surface area contributed by atoms with E-state index in [-0.39, 0.29) is 5.41 Å². The highest BCUT2D eigenvalue weighted by Crippen LogP contribution is 2.65. The lowest BCUT2D eigenvalue weighted by Gasteiger charge is -2.61. The summed E-state index contributed by atoms with van der Waals surface area (Å²) in [6.45, 7) is 0.699. The first-order valence-corrected chi connectivity index (χ1v) is 8.89. The molecule has 0 aromatic heterocycles. The second-order valence-electron chi connectivity index (χ2n) is 8.69. The van der Waals surface area contributed by atoms with E-state index in [1.807, 2.05) is 0 Å². The van der Waals surface area contributed by atoms with Crippen molar-refractivity contribution >= 4 is 5.78 Å². The summed E-state index contributed by atoms with van der Waals surface area (Å²) in [7, 11) is 4.21. The van der Waals surface area contributed by atoms with E-state index in [0.29, 0.717) is 17.7 Å². The number of hydrogen-bond acceptors (Lipinski definition) is 1. The molecule has 4 bridgehead atoms. The van der Waals surface area contributed by atoms with E-state index in [0.717, 1.165) is 18.3 Å². The molecule has 5 rings (SSSR count). The number of ketones is 1. The molecular weight excluding hydrogens is 270 g/mol. The zero-order valence-electron chi connectivity index (χ0n) is 13.9. The third kappa shape index (κ3) is 2.15. The third-order valence-electron chi connectivity index (χ3n) is 6.55. The van der Waals surface area contributed by atoms with Gasteiger partial charge in [-0.25, -0.2) is 0 Å². The topological polar surface area (TPSA) is 21.5 Å². The van der Waals surface area contributed by atoms with Crippen molar-refractivity contribution in [3.05, 3.63) is 35.9 Å². The van der Waals surface area contributed by atoms with Crippen LogP contribution < -0.4 is 4.90 Å². The molecule has 4 atom stereocenters. The highest BCUT2D eigenvalue weighted by Gasteiger charge is 2.60. The first-order chi connectivity index (χ1) is 10.5. The van der Waals surface area contributed by atoms with E-state index >= 15 is 0 Å². The van der Waals surface area contributed by atoms with Gasteiger partial charge in [-0.1, -0.05) is 30.3 Å². The van der Waals surface area contributed by atoms with Gasteiger partial charge in [0.25, 0.3) is 0 Å². The second kappa shape index (κ2) is 4.92. The summed E-state index contributed by atoms with van der Waals surface area (Å²) in [4.78, 5) is 14.3. The zero-order valence-corrected chi connectivity index (χ0v) is 13.9. The molecular formula is C20H28NO+. The molecule has 0 spiro atoms. The van der Waals surface area contributed by atoms with Gasteiger partial charge < -0.3 is 4.90 Å². The monoisotopic (exact) mass is 298 g/mol. The van der Waals surface area contributed by atoms with Crippen molar-refractivity contribution in [2.75, 3.05) is 20.6 Å². The number of rotatable bonds is 4. The van der Waals surface area contributed by atoms with Crippen LogP contribution in [0.2, 0.25) is 0 Å². The molecule has 0 saturated heterocycles. The largest absolute Gasteiger partial charge is 0.334 e. The van der Waals surface area contributed by atoms with Gasteiger partial charge in [-0.15, -0.1) is 0 Å². The van der Waals surface area contributed by atoms with Crippen molar-refractivity contribution in [1.82, 2.24) is 0 Å². The predicted octanol–water partition coefficient (Wildman–Crippen LogP) is 2.24. The molecule has 4 saturated carbocycles. The molecule has 118 valence electrons. The average Bonchev–Trinajstić information content (AvgIpc) is 2.46. The van der Waals surface area contributed by atoms with Crippen LogP contribution in [0.25, 0.3) is 0 Å². The van der Waals surface area contributed by atoms with Gasteiger partial charge in [-0.05, 0) is 61.3 Å². The first-order valence-electron chi connectivity index (χ1n) is 8.89. The maximum atomic E-state index is 13.1. The van der Waals surface area contributed by atoms with Gasteiger partial charge in [0.05, 0.1) is 14.1 Å². The normalized spacial score (nSPS) is 39.4. The van der Waals surface area contributed by atoms with Gasteiger partial charge in [-0.3, -0.25) is 4.79 Å². The Labute approximate surface area is 133 Å². The molecule has 4 fully saturated rings. The first kappa shape index (κ1) is 14.4. The maximum absolute atomic E-state index is 13.1. The number of carbonyl (C=O) groups is 1. The van der Waals surface area contributed by atoms with E-state index < -0.39 is 0 Å². The summed E-state index contributed by atoms with van der Waals surface area (Å²) in [6.07, 6.45) is 7.46. The predicted molar refractivity (Wildman–Crippen MR) is 87.9 cm³/mol. The summed E-state index contributed by atoms with van der Waals surface area (Å²) >= 11 is 0. The van der Waals surface area contributed by atoms with Crippen molar-refractivity contribution in [2.45, 2.75) is 43.9 Å². The molecule has 0 amide bonds. The van der Waals surface area contributed by atoms with Gasteiger partial charge in [0.2, 0.25) is 0 Å². The van der Waals surface area contributed by atoms with E-state index in [9.17, 15) is 4.79 Å². The molecule has 1 aromatic rings. The molecule has 0 aliphatic heterocycles. The number of hydrogen-bond donors (Lipinski definition) is 1. The number of carbonyl (C=O) groups excluding carboxylic acids is 1. The Morgan fingerprint density at radius 2 is 1.73 bits per heavy atom. The lowest BCUT2D eigenvalue weighted by Crippen LogP contribution is -3.07. The molecule has 1 aromatic carbocycles. The third-order valence-corrected chi connectivity index (χ3v) is 6.55. The fourth-order valence-electron chi connectivity index (χ4n) is 6.23. The summed E-state index contributed by atoms with van der Waals surface area (Å²) in [5.41, 5.74) is 1.79. The molecule has 22 heavy (non-hydrogen) atoms. The lowest BCUT2D eigenvalue weighted by molar-refractivity contribution is -0.849.